The van der Waals surface area contributed by atoms with Crippen LogP contribution in [-0.2, 0) is 4.79 Å². The Morgan fingerprint density at radius 3 is 2.58 bits per heavy atom. The number of halogens is 2. The number of carbonyl (C=O) groups is 1. The Kier molecular flexibility index (Phi) is 6.05. The minimum absolute atomic E-state index is 0.0351. The molecular weight excluding hydrogens is 445 g/mol. The van der Waals surface area contributed by atoms with Gasteiger partial charge in [-0.1, -0.05) is 30.5 Å². The molecule has 1 amide bonds. The first-order valence-electron chi connectivity index (χ1n) is 11.5. The molecule has 4 N–H and O–H groups in total. The zero-order valence-electron chi connectivity index (χ0n) is 18.2. The molecule has 8 nitrogen and oxygen atoms in total. The zero-order chi connectivity index (χ0) is 22.9. The number of para-hydroxylation sites is 1. The van der Waals surface area contributed by atoms with Crippen molar-refractivity contribution < 1.29 is 9.18 Å². The Morgan fingerprint density at radius 1 is 1.12 bits per heavy atom. The molecule has 33 heavy (non-hydrogen) atoms. The number of nitrogens with one attached hydrogen (secondary N) is 2. The summed E-state index contributed by atoms with van der Waals surface area (Å²) in [5.74, 6) is 0.172. The summed E-state index contributed by atoms with van der Waals surface area (Å²) in [5.41, 5.74) is 6.97. The van der Waals surface area contributed by atoms with E-state index in [0.717, 1.165) is 25.7 Å². The Morgan fingerprint density at radius 2 is 1.88 bits per heavy atom. The number of rotatable bonds is 6. The van der Waals surface area contributed by atoms with E-state index in [1.54, 1.807) is 18.3 Å². The lowest BCUT2D eigenvalue weighted by Gasteiger charge is -2.29. The molecule has 2 fully saturated rings. The fraction of sp³-hybridized carbons (Fsp3) is 0.478. The van der Waals surface area contributed by atoms with Gasteiger partial charge in [0.25, 0.3) is 0 Å². The summed E-state index contributed by atoms with van der Waals surface area (Å²) in [4.78, 5) is 25.6. The first kappa shape index (κ1) is 21.9. The van der Waals surface area contributed by atoms with E-state index in [-0.39, 0.29) is 28.6 Å². The lowest BCUT2D eigenvalue weighted by molar-refractivity contribution is -0.122. The molecule has 2 saturated carbocycles. The summed E-state index contributed by atoms with van der Waals surface area (Å²) in [6, 6.07) is 4.95. The van der Waals surface area contributed by atoms with Crippen LogP contribution in [0.5, 0.6) is 0 Å². The second-order valence-electron chi connectivity index (χ2n) is 8.96. The van der Waals surface area contributed by atoms with Crippen LogP contribution < -0.4 is 16.4 Å². The molecule has 0 radical (unpaired) electrons. The maximum Gasteiger partial charge on any atom is 0.224 e. The zero-order valence-corrected chi connectivity index (χ0v) is 19.0. The van der Waals surface area contributed by atoms with E-state index in [2.05, 4.69) is 20.6 Å². The van der Waals surface area contributed by atoms with Crippen molar-refractivity contribution in [2.24, 2.45) is 11.7 Å². The smallest absolute Gasteiger partial charge is 0.224 e. The van der Waals surface area contributed by atoms with Gasteiger partial charge in [0.05, 0.1) is 16.9 Å². The van der Waals surface area contributed by atoms with Gasteiger partial charge >= 0.3 is 0 Å². The number of hydrogen-bond donors (Lipinski definition) is 3. The fourth-order valence-electron chi connectivity index (χ4n) is 4.99. The molecule has 0 unspecified atom stereocenters. The molecule has 2 aliphatic carbocycles. The van der Waals surface area contributed by atoms with Gasteiger partial charge in [-0.05, 0) is 50.7 Å². The molecule has 2 heterocycles. The van der Waals surface area contributed by atoms with Gasteiger partial charge in [0.15, 0.2) is 5.65 Å². The molecule has 0 spiro atoms. The highest BCUT2D eigenvalue weighted by Gasteiger charge is 2.29. The summed E-state index contributed by atoms with van der Waals surface area (Å²) in [6.45, 7) is 0. The predicted octanol–water partition coefficient (Wildman–Crippen LogP) is 4.93. The third-order valence-corrected chi connectivity index (χ3v) is 7.10. The third kappa shape index (κ3) is 4.46. The predicted molar refractivity (Wildman–Crippen MR) is 126 cm³/mol. The fourth-order valence-corrected chi connectivity index (χ4v) is 5.21. The van der Waals surface area contributed by atoms with Crippen LogP contribution in [0.15, 0.2) is 24.4 Å². The van der Waals surface area contributed by atoms with Crippen molar-refractivity contribution in [3.63, 3.8) is 0 Å². The maximum absolute atomic E-state index is 14.5. The van der Waals surface area contributed by atoms with Gasteiger partial charge in [0, 0.05) is 18.0 Å². The highest BCUT2D eigenvalue weighted by Crippen LogP contribution is 2.38. The summed E-state index contributed by atoms with van der Waals surface area (Å²) in [5, 5.41) is 6.79. The average molecular weight is 472 g/mol. The number of hydrogen-bond acceptors (Lipinski definition) is 6. The number of aromatic nitrogens is 4. The van der Waals surface area contributed by atoms with E-state index in [0.29, 0.717) is 41.9 Å². The SMILES string of the molecule is NC(=O)[C@H]1CC[C@@H](n2c(Nc3c(F)cccc3Cl)nc3cnc(NC4CCCC4)nc32)CC1. The molecule has 0 bridgehead atoms. The normalized spacial score (nSPS) is 21.4. The molecule has 1 aromatic carbocycles. The van der Waals surface area contributed by atoms with Gasteiger partial charge in [-0.2, -0.15) is 4.98 Å². The van der Waals surface area contributed by atoms with Gasteiger partial charge in [-0.25, -0.2) is 14.4 Å². The number of anilines is 3. The molecule has 10 heteroatoms. The van der Waals surface area contributed by atoms with Gasteiger partial charge in [0.2, 0.25) is 17.8 Å². The van der Waals surface area contributed by atoms with Crippen LogP contribution in [0.25, 0.3) is 11.2 Å². The second-order valence-corrected chi connectivity index (χ2v) is 9.37. The first-order valence-corrected chi connectivity index (χ1v) is 11.9. The first-order chi connectivity index (χ1) is 16.0. The van der Waals surface area contributed by atoms with E-state index in [9.17, 15) is 9.18 Å². The van der Waals surface area contributed by atoms with Crippen molar-refractivity contribution in [2.75, 3.05) is 10.6 Å². The topological polar surface area (TPSA) is 111 Å². The van der Waals surface area contributed by atoms with Crippen LogP contribution in [0.2, 0.25) is 5.02 Å². The standard InChI is InChI=1S/C23H27ClFN7O/c24-16-6-3-7-17(25)19(16)30-23-29-18-12-27-22(28-14-4-1-2-5-14)31-21(18)32(23)15-10-8-13(9-11-15)20(26)33/h3,6-7,12-15H,1-2,4-5,8-11H2,(H2,26,33)(H,29,30)(H,27,28,31)/t13-,15+. The molecule has 3 aromatic rings. The number of fused-ring (bicyclic) bond motifs is 1. The lowest BCUT2D eigenvalue weighted by Crippen LogP contribution is -2.29. The number of imidazole rings is 1. The molecule has 0 saturated heterocycles. The Balaban J connectivity index is 1.53. The number of amides is 1. The molecule has 174 valence electrons. The van der Waals surface area contributed by atoms with E-state index in [4.69, 9.17) is 22.3 Å². The Labute approximate surface area is 196 Å². The maximum atomic E-state index is 14.5. The highest BCUT2D eigenvalue weighted by molar-refractivity contribution is 6.33. The summed E-state index contributed by atoms with van der Waals surface area (Å²) >= 11 is 6.26. The third-order valence-electron chi connectivity index (χ3n) is 6.78. The molecule has 5 rings (SSSR count). The summed E-state index contributed by atoms with van der Waals surface area (Å²) in [6.07, 6.45) is 9.20. The highest BCUT2D eigenvalue weighted by atomic mass is 35.5. The minimum atomic E-state index is -0.465. The average Bonchev–Trinajstić information content (AvgIpc) is 3.44. The van der Waals surface area contributed by atoms with Gasteiger partial charge in [-0.15, -0.1) is 0 Å². The number of carbonyl (C=O) groups excluding carboxylic acids is 1. The van der Waals surface area contributed by atoms with Gasteiger partial charge in [-0.3, -0.25) is 9.36 Å². The second kappa shape index (κ2) is 9.13. The monoisotopic (exact) mass is 471 g/mol. The summed E-state index contributed by atoms with van der Waals surface area (Å²) in [7, 11) is 0. The van der Waals surface area contributed by atoms with Crippen LogP contribution >= 0.6 is 11.6 Å². The molecule has 0 atom stereocenters. The number of primary amides is 1. The van der Waals surface area contributed by atoms with Crippen molar-refractivity contribution in [3.8, 4) is 0 Å². The van der Waals surface area contributed by atoms with Crippen LogP contribution in [0, 0.1) is 11.7 Å². The largest absolute Gasteiger partial charge is 0.369 e. The van der Waals surface area contributed by atoms with Crippen molar-refractivity contribution in [2.45, 2.75) is 63.5 Å². The Hall–Kier alpha value is -2.94. The van der Waals surface area contributed by atoms with Gasteiger partial charge in [0.1, 0.15) is 11.3 Å². The van der Waals surface area contributed by atoms with E-state index in [1.165, 1.54) is 18.9 Å². The molecule has 2 aliphatic rings. The number of benzene rings is 1. The molecular formula is C23H27ClFN7O. The minimum Gasteiger partial charge on any atom is -0.369 e. The number of nitrogens with two attached hydrogens (primary N) is 1. The molecule has 2 aromatic heterocycles. The van der Waals surface area contributed by atoms with Crippen LogP contribution in [0.4, 0.5) is 22.0 Å². The quantitative estimate of drug-likeness (QED) is 0.470. The molecule has 0 aliphatic heterocycles. The van der Waals surface area contributed by atoms with Crippen molar-refractivity contribution in [1.29, 1.82) is 0 Å². The van der Waals surface area contributed by atoms with Crippen molar-refractivity contribution in [3.05, 3.63) is 35.2 Å². The van der Waals surface area contributed by atoms with Crippen molar-refractivity contribution in [1.82, 2.24) is 19.5 Å². The van der Waals surface area contributed by atoms with E-state index >= 15 is 0 Å². The van der Waals surface area contributed by atoms with Crippen LogP contribution in [-0.4, -0.2) is 31.5 Å². The van der Waals surface area contributed by atoms with E-state index < -0.39 is 5.82 Å². The van der Waals surface area contributed by atoms with E-state index in [1.807, 2.05) is 4.57 Å². The summed E-state index contributed by atoms with van der Waals surface area (Å²) < 4.78 is 16.5. The van der Waals surface area contributed by atoms with Crippen LogP contribution in [0.1, 0.15) is 57.4 Å². The lowest BCUT2D eigenvalue weighted by atomic mass is 9.85. The van der Waals surface area contributed by atoms with Gasteiger partial charge < -0.3 is 16.4 Å². The Bertz CT molecular complexity index is 1150. The van der Waals surface area contributed by atoms with Crippen molar-refractivity contribution >= 4 is 46.3 Å². The van der Waals surface area contributed by atoms with Crippen LogP contribution in [0.3, 0.4) is 0 Å². The number of nitrogens with zero attached hydrogens (tertiary/aromatic N) is 4.